The van der Waals surface area contributed by atoms with Gasteiger partial charge in [-0.3, -0.25) is 4.79 Å². The van der Waals surface area contributed by atoms with Crippen molar-refractivity contribution in [3.05, 3.63) is 11.7 Å². The fourth-order valence-electron chi connectivity index (χ4n) is 2.75. The lowest BCUT2D eigenvalue weighted by atomic mass is 10.2. The molecule has 2 fully saturated rings. The Morgan fingerprint density at radius 1 is 1.35 bits per heavy atom. The monoisotopic (exact) mass is 280 g/mol. The highest BCUT2D eigenvalue weighted by molar-refractivity contribution is 5.93. The zero-order chi connectivity index (χ0) is 14.1. The van der Waals surface area contributed by atoms with Gasteiger partial charge in [-0.25, -0.2) is 4.79 Å². The van der Waals surface area contributed by atoms with Gasteiger partial charge in [-0.1, -0.05) is 5.16 Å². The van der Waals surface area contributed by atoms with Gasteiger partial charge in [-0.15, -0.1) is 0 Å². The number of aliphatic carboxylic acids is 1. The number of hydrogen-bond donors (Lipinski definition) is 2. The summed E-state index contributed by atoms with van der Waals surface area (Å²) in [7, 11) is 0. The van der Waals surface area contributed by atoms with Crippen molar-refractivity contribution in [1.29, 1.82) is 0 Å². The quantitative estimate of drug-likeness (QED) is 0.813. The lowest BCUT2D eigenvalue weighted by molar-refractivity contribution is -0.141. The molecule has 1 aromatic rings. The number of rotatable bonds is 3. The average molecular weight is 280 g/mol. The minimum atomic E-state index is -0.989. The SMILES string of the molecule is O=C(O)[C@@H]1CCCN1C(=O)c1noc(C2CCCN2)n1. The fourth-order valence-corrected chi connectivity index (χ4v) is 2.75. The number of likely N-dealkylation sites (tertiary alicyclic amines) is 1. The van der Waals surface area contributed by atoms with Crippen LogP contribution in [0.5, 0.6) is 0 Å². The molecule has 0 radical (unpaired) electrons. The largest absolute Gasteiger partial charge is 0.480 e. The molecule has 2 N–H and O–H groups in total. The van der Waals surface area contributed by atoms with Crippen LogP contribution < -0.4 is 5.32 Å². The highest BCUT2D eigenvalue weighted by Gasteiger charge is 2.36. The predicted octanol–water partition coefficient (Wildman–Crippen LogP) is 0.183. The second-order valence-corrected chi connectivity index (χ2v) is 5.10. The van der Waals surface area contributed by atoms with Gasteiger partial charge in [0.25, 0.3) is 11.7 Å². The number of carboxylic acids is 1. The number of nitrogens with zero attached hydrogens (tertiary/aromatic N) is 3. The number of aromatic nitrogens is 2. The van der Waals surface area contributed by atoms with Crippen molar-refractivity contribution in [3.63, 3.8) is 0 Å². The van der Waals surface area contributed by atoms with E-state index in [4.69, 9.17) is 9.63 Å². The summed E-state index contributed by atoms with van der Waals surface area (Å²) in [5.74, 6) is -1.11. The second-order valence-electron chi connectivity index (χ2n) is 5.10. The topological polar surface area (TPSA) is 109 Å². The zero-order valence-electron chi connectivity index (χ0n) is 10.9. The fraction of sp³-hybridized carbons (Fsp3) is 0.667. The van der Waals surface area contributed by atoms with Crippen LogP contribution in [-0.4, -0.2) is 51.2 Å². The molecule has 8 nitrogen and oxygen atoms in total. The molecule has 2 aliphatic rings. The summed E-state index contributed by atoms with van der Waals surface area (Å²) in [4.78, 5) is 28.8. The van der Waals surface area contributed by atoms with E-state index in [9.17, 15) is 9.59 Å². The summed E-state index contributed by atoms with van der Waals surface area (Å²) < 4.78 is 5.11. The number of amides is 1. The minimum Gasteiger partial charge on any atom is -0.480 e. The molecular formula is C12H16N4O4. The first-order valence-corrected chi connectivity index (χ1v) is 6.77. The van der Waals surface area contributed by atoms with Gasteiger partial charge >= 0.3 is 5.97 Å². The minimum absolute atomic E-state index is 0.00195. The van der Waals surface area contributed by atoms with Gasteiger partial charge in [0.15, 0.2) is 0 Å². The van der Waals surface area contributed by atoms with Crippen LogP contribution in [0, 0.1) is 0 Å². The van der Waals surface area contributed by atoms with Gasteiger partial charge in [-0.2, -0.15) is 4.98 Å². The van der Waals surface area contributed by atoms with E-state index in [1.807, 2.05) is 0 Å². The zero-order valence-corrected chi connectivity index (χ0v) is 10.9. The summed E-state index contributed by atoms with van der Waals surface area (Å²) in [5.41, 5.74) is 0. The van der Waals surface area contributed by atoms with Gasteiger partial charge in [0, 0.05) is 6.54 Å². The third-order valence-electron chi connectivity index (χ3n) is 3.79. The third kappa shape index (κ3) is 2.26. The first-order valence-electron chi connectivity index (χ1n) is 6.77. The molecule has 3 heterocycles. The molecule has 20 heavy (non-hydrogen) atoms. The molecule has 2 aliphatic heterocycles. The second kappa shape index (κ2) is 5.20. The summed E-state index contributed by atoms with van der Waals surface area (Å²) >= 11 is 0. The van der Waals surface area contributed by atoms with Crippen LogP contribution in [0.4, 0.5) is 0 Å². The van der Waals surface area contributed by atoms with E-state index in [1.54, 1.807) is 0 Å². The molecule has 8 heteroatoms. The van der Waals surface area contributed by atoms with Crippen LogP contribution >= 0.6 is 0 Å². The van der Waals surface area contributed by atoms with Crippen LogP contribution in [0.25, 0.3) is 0 Å². The van der Waals surface area contributed by atoms with E-state index in [-0.39, 0.29) is 11.9 Å². The van der Waals surface area contributed by atoms with E-state index in [2.05, 4.69) is 15.5 Å². The first kappa shape index (κ1) is 13.0. The number of nitrogens with one attached hydrogen (secondary N) is 1. The van der Waals surface area contributed by atoms with E-state index in [0.717, 1.165) is 19.4 Å². The molecular weight excluding hydrogens is 264 g/mol. The van der Waals surface area contributed by atoms with Gasteiger partial charge in [-0.05, 0) is 32.2 Å². The Morgan fingerprint density at radius 2 is 2.20 bits per heavy atom. The Kier molecular flexibility index (Phi) is 3.39. The molecule has 0 bridgehead atoms. The lowest BCUT2D eigenvalue weighted by Gasteiger charge is -2.19. The maximum atomic E-state index is 12.2. The van der Waals surface area contributed by atoms with Gasteiger partial charge in [0.2, 0.25) is 5.89 Å². The Bertz CT molecular complexity index is 523. The molecule has 1 aromatic heterocycles. The van der Waals surface area contributed by atoms with Crippen molar-refractivity contribution in [3.8, 4) is 0 Å². The van der Waals surface area contributed by atoms with Crippen molar-refractivity contribution in [1.82, 2.24) is 20.4 Å². The number of carbonyl (C=O) groups excluding carboxylic acids is 1. The molecule has 1 unspecified atom stereocenters. The van der Waals surface area contributed by atoms with Crippen LogP contribution in [-0.2, 0) is 4.79 Å². The number of carboxylic acid groups (broad SMARTS) is 1. The predicted molar refractivity (Wildman–Crippen MR) is 66.0 cm³/mol. The molecule has 108 valence electrons. The van der Waals surface area contributed by atoms with Crippen LogP contribution in [0.15, 0.2) is 4.52 Å². The van der Waals surface area contributed by atoms with Gasteiger partial charge in [0.1, 0.15) is 6.04 Å². The highest BCUT2D eigenvalue weighted by atomic mass is 16.5. The normalized spacial score (nSPS) is 26.1. The van der Waals surface area contributed by atoms with E-state index in [1.165, 1.54) is 4.90 Å². The number of carbonyl (C=O) groups is 2. The highest BCUT2D eigenvalue weighted by Crippen LogP contribution is 2.23. The van der Waals surface area contributed by atoms with Crippen molar-refractivity contribution in [2.24, 2.45) is 0 Å². The Balaban J connectivity index is 1.75. The molecule has 2 atom stereocenters. The van der Waals surface area contributed by atoms with Crippen molar-refractivity contribution < 1.29 is 19.2 Å². The molecule has 0 aromatic carbocycles. The van der Waals surface area contributed by atoms with Gasteiger partial charge < -0.3 is 19.8 Å². The molecule has 1 amide bonds. The van der Waals surface area contributed by atoms with E-state index in [0.29, 0.717) is 25.3 Å². The molecule has 0 aliphatic carbocycles. The number of hydrogen-bond acceptors (Lipinski definition) is 6. The molecule has 0 saturated carbocycles. The summed E-state index contributed by atoms with van der Waals surface area (Å²) in [5, 5.41) is 16.0. The van der Waals surface area contributed by atoms with Crippen LogP contribution in [0.2, 0.25) is 0 Å². The average Bonchev–Trinajstić information content (AvgIpc) is 3.17. The van der Waals surface area contributed by atoms with Crippen molar-refractivity contribution in [2.45, 2.75) is 37.8 Å². The smallest absolute Gasteiger partial charge is 0.326 e. The van der Waals surface area contributed by atoms with Crippen LogP contribution in [0.3, 0.4) is 0 Å². The lowest BCUT2D eigenvalue weighted by Crippen LogP contribution is -2.40. The molecule has 2 saturated heterocycles. The standard InChI is InChI=1S/C12H16N4O4/c17-11(16-6-2-4-8(16)12(18)19)9-14-10(20-15-9)7-3-1-5-13-7/h7-8,13H,1-6H2,(H,18,19)/t7?,8-/m0/s1. The first-order chi connectivity index (χ1) is 9.66. The van der Waals surface area contributed by atoms with E-state index >= 15 is 0 Å². The summed E-state index contributed by atoms with van der Waals surface area (Å²) in [6.45, 7) is 1.31. The summed E-state index contributed by atoms with van der Waals surface area (Å²) in [6, 6.07) is -0.785. The Hall–Kier alpha value is -1.96. The third-order valence-corrected chi connectivity index (χ3v) is 3.79. The van der Waals surface area contributed by atoms with Crippen molar-refractivity contribution in [2.75, 3.05) is 13.1 Å². The molecule has 0 spiro atoms. The maximum absolute atomic E-state index is 12.2. The van der Waals surface area contributed by atoms with Crippen LogP contribution in [0.1, 0.15) is 48.2 Å². The van der Waals surface area contributed by atoms with Gasteiger partial charge in [0.05, 0.1) is 6.04 Å². The van der Waals surface area contributed by atoms with E-state index < -0.39 is 17.9 Å². The van der Waals surface area contributed by atoms with Crippen molar-refractivity contribution >= 4 is 11.9 Å². The molecule has 3 rings (SSSR count). The Morgan fingerprint density at radius 3 is 2.90 bits per heavy atom. The Labute approximate surface area is 115 Å². The maximum Gasteiger partial charge on any atom is 0.326 e. The summed E-state index contributed by atoms with van der Waals surface area (Å²) in [6.07, 6.45) is 3.08.